The second-order valence-corrected chi connectivity index (χ2v) is 4.57. The Bertz CT molecular complexity index is 553. The van der Waals surface area contributed by atoms with Crippen molar-refractivity contribution in [1.82, 2.24) is 9.38 Å². The van der Waals surface area contributed by atoms with Crippen LogP contribution in [0.15, 0.2) is 40.8 Å². The molecule has 3 aromatic heterocycles. The number of nitrogens with zero attached hydrogens (tertiary/aromatic N) is 2. The van der Waals surface area contributed by atoms with Crippen LogP contribution in [0.4, 0.5) is 0 Å². The minimum absolute atomic E-state index is 0.0524. The summed E-state index contributed by atoms with van der Waals surface area (Å²) in [6.45, 7) is 0. The van der Waals surface area contributed by atoms with E-state index in [0.717, 1.165) is 22.6 Å². The van der Waals surface area contributed by atoms with Crippen LogP contribution < -0.4 is 5.73 Å². The highest BCUT2D eigenvalue weighted by molar-refractivity contribution is 7.15. The van der Waals surface area contributed by atoms with Crippen molar-refractivity contribution >= 4 is 16.3 Å². The lowest BCUT2D eigenvalue weighted by Gasteiger charge is -2.05. The van der Waals surface area contributed by atoms with Gasteiger partial charge in [-0.1, -0.05) is 0 Å². The average molecular weight is 233 g/mol. The van der Waals surface area contributed by atoms with Crippen LogP contribution in [0.3, 0.4) is 0 Å². The Morgan fingerprint density at radius 1 is 1.56 bits per heavy atom. The number of nitrogens with two attached hydrogens (primary N) is 1. The molecule has 1 atom stereocenters. The maximum Gasteiger partial charge on any atom is 0.193 e. The standard InChI is InChI=1S/C11H11N3OS/c12-10(8-1-3-15-7-8)5-9-6-14-2-4-16-11(14)13-9/h1-4,6-7,10H,5,12H2. The van der Waals surface area contributed by atoms with Crippen LogP contribution in [0.2, 0.25) is 0 Å². The van der Waals surface area contributed by atoms with Gasteiger partial charge in [0.15, 0.2) is 4.96 Å². The van der Waals surface area contributed by atoms with Crippen molar-refractivity contribution in [2.24, 2.45) is 5.73 Å². The summed E-state index contributed by atoms with van der Waals surface area (Å²) in [5.74, 6) is 0. The molecule has 5 heteroatoms. The molecule has 0 aliphatic carbocycles. The maximum absolute atomic E-state index is 6.06. The van der Waals surface area contributed by atoms with Crippen LogP contribution in [0.1, 0.15) is 17.3 Å². The van der Waals surface area contributed by atoms with Crippen LogP contribution in [-0.2, 0) is 6.42 Å². The van der Waals surface area contributed by atoms with Gasteiger partial charge in [-0.05, 0) is 6.07 Å². The molecular weight excluding hydrogens is 222 g/mol. The molecule has 0 saturated carbocycles. The molecule has 0 amide bonds. The highest BCUT2D eigenvalue weighted by Crippen LogP contribution is 2.18. The molecule has 0 spiro atoms. The molecule has 1 unspecified atom stereocenters. The second kappa shape index (κ2) is 3.77. The van der Waals surface area contributed by atoms with E-state index in [2.05, 4.69) is 4.98 Å². The smallest absolute Gasteiger partial charge is 0.193 e. The van der Waals surface area contributed by atoms with Gasteiger partial charge in [0.2, 0.25) is 0 Å². The lowest BCUT2D eigenvalue weighted by molar-refractivity contribution is 0.558. The highest BCUT2D eigenvalue weighted by atomic mass is 32.1. The molecule has 82 valence electrons. The van der Waals surface area contributed by atoms with E-state index in [9.17, 15) is 0 Å². The molecule has 0 fully saturated rings. The van der Waals surface area contributed by atoms with Gasteiger partial charge in [0.05, 0.1) is 18.2 Å². The fourth-order valence-corrected chi connectivity index (χ4v) is 2.42. The highest BCUT2D eigenvalue weighted by Gasteiger charge is 2.11. The summed E-state index contributed by atoms with van der Waals surface area (Å²) in [5.41, 5.74) is 8.08. The van der Waals surface area contributed by atoms with Crippen molar-refractivity contribution in [2.45, 2.75) is 12.5 Å². The van der Waals surface area contributed by atoms with E-state index >= 15 is 0 Å². The predicted octanol–water partition coefficient (Wildman–Crippen LogP) is 2.23. The van der Waals surface area contributed by atoms with Crippen LogP contribution in [-0.4, -0.2) is 9.38 Å². The average Bonchev–Trinajstić information content (AvgIpc) is 2.91. The summed E-state index contributed by atoms with van der Waals surface area (Å²) in [4.78, 5) is 5.50. The topological polar surface area (TPSA) is 56.5 Å². The van der Waals surface area contributed by atoms with Gasteiger partial charge in [-0.2, -0.15) is 0 Å². The van der Waals surface area contributed by atoms with Gasteiger partial charge in [-0.3, -0.25) is 4.40 Å². The van der Waals surface area contributed by atoms with Crippen molar-refractivity contribution < 1.29 is 4.42 Å². The van der Waals surface area contributed by atoms with Gasteiger partial charge in [0.25, 0.3) is 0 Å². The molecule has 3 heterocycles. The Morgan fingerprint density at radius 3 is 3.25 bits per heavy atom. The SMILES string of the molecule is NC(Cc1cn2ccsc2n1)c1ccoc1. The van der Waals surface area contributed by atoms with Crippen molar-refractivity contribution in [1.29, 1.82) is 0 Å². The number of furan rings is 1. The van der Waals surface area contributed by atoms with Crippen molar-refractivity contribution in [3.63, 3.8) is 0 Å². The van der Waals surface area contributed by atoms with Crippen molar-refractivity contribution in [3.8, 4) is 0 Å². The quantitative estimate of drug-likeness (QED) is 0.754. The summed E-state index contributed by atoms with van der Waals surface area (Å²) in [5, 5.41) is 2.02. The first-order chi connectivity index (χ1) is 7.83. The van der Waals surface area contributed by atoms with Gasteiger partial charge >= 0.3 is 0 Å². The third-order valence-corrected chi connectivity index (χ3v) is 3.31. The summed E-state index contributed by atoms with van der Waals surface area (Å²) in [6.07, 6.45) is 8.07. The van der Waals surface area contributed by atoms with E-state index in [-0.39, 0.29) is 6.04 Å². The van der Waals surface area contributed by atoms with E-state index < -0.39 is 0 Å². The first-order valence-electron chi connectivity index (χ1n) is 5.01. The lowest BCUT2D eigenvalue weighted by atomic mass is 10.1. The zero-order valence-corrected chi connectivity index (χ0v) is 9.35. The minimum atomic E-state index is -0.0524. The van der Waals surface area contributed by atoms with Crippen LogP contribution >= 0.6 is 11.3 Å². The van der Waals surface area contributed by atoms with E-state index in [1.807, 2.05) is 28.2 Å². The molecule has 0 saturated heterocycles. The lowest BCUT2D eigenvalue weighted by Crippen LogP contribution is -2.12. The maximum atomic E-state index is 6.06. The van der Waals surface area contributed by atoms with E-state index in [4.69, 9.17) is 10.2 Å². The monoisotopic (exact) mass is 233 g/mol. The van der Waals surface area contributed by atoms with Crippen LogP contribution in [0.25, 0.3) is 4.96 Å². The Balaban J connectivity index is 1.82. The molecule has 0 aromatic carbocycles. The van der Waals surface area contributed by atoms with Gasteiger partial charge in [-0.15, -0.1) is 11.3 Å². The van der Waals surface area contributed by atoms with Crippen molar-refractivity contribution in [2.75, 3.05) is 0 Å². The molecule has 0 aliphatic rings. The molecule has 16 heavy (non-hydrogen) atoms. The molecule has 0 radical (unpaired) electrons. The number of aromatic nitrogens is 2. The molecule has 2 N–H and O–H groups in total. The molecule has 0 bridgehead atoms. The largest absolute Gasteiger partial charge is 0.472 e. The number of hydrogen-bond acceptors (Lipinski definition) is 4. The van der Waals surface area contributed by atoms with Gasteiger partial charge < -0.3 is 10.2 Å². The zero-order chi connectivity index (χ0) is 11.0. The van der Waals surface area contributed by atoms with E-state index in [0.29, 0.717) is 0 Å². The van der Waals surface area contributed by atoms with Crippen LogP contribution in [0, 0.1) is 0 Å². The number of hydrogen-bond donors (Lipinski definition) is 1. The zero-order valence-electron chi connectivity index (χ0n) is 8.54. The molecule has 4 nitrogen and oxygen atoms in total. The molecule has 3 aromatic rings. The Morgan fingerprint density at radius 2 is 2.50 bits per heavy atom. The first-order valence-corrected chi connectivity index (χ1v) is 5.89. The summed E-state index contributed by atoms with van der Waals surface area (Å²) >= 11 is 1.63. The summed E-state index contributed by atoms with van der Waals surface area (Å²) in [7, 11) is 0. The van der Waals surface area contributed by atoms with E-state index in [1.165, 1.54) is 0 Å². The fourth-order valence-electron chi connectivity index (χ4n) is 1.70. The summed E-state index contributed by atoms with van der Waals surface area (Å²) in [6, 6.07) is 1.84. The minimum Gasteiger partial charge on any atom is -0.472 e. The Hall–Kier alpha value is -1.59. The summed E-state index contributed by atoms with van der Waals surface area (Å²) < 4.78 is 7.03. The molecule has 0 aliphatic heterocycles. The van der Waals surface area contributed by atoms with Gasteiger partial charge in [0, 0.05) is 35.8 Å². The number of imidazole rings is 1. The normalized spacial score (nSPS) is 13.3. The second-order valence-electron chi connectivity index (χ2n) is 3.69. The third kappa shape index (κ3) is 1.64. The van der Waals surface area contributed by atoms with Crippen molar-refractivity contribution in [3.05, 3.63) is 47.6 Å². The third-order valence-electron chi connectivity index (χ3n) is 2.54. The Labute approximate surface area is 96.3 Å². The molecule has 3 rings (SSSR count). The first kappa shape index (κ1) is 9.62. The molecular formula is C11H11N3OS. The fraction of sp³-hybridized carbons (Fsp3) is 0.182. The van der Waals surface area contributed by atoms with E-state index in [1.54, 1.807) is 23.9 Å². The van der Waals surface area contributed by atoms with Gasteiger partial charge in [-0.25, -0.2) is 4.98 Å². The van der Waals surface area contributed by atoms with Crippen LogP contribution in [0.5, 0.6) is 0 Å². The number of fused-ring (bicyclic) bond motifs is 1. The number of thiazole rings is 1. The predicted molar refractivity (Wildman–Crippen MR) is 62.4 cm³/mol. The van der Waals surface area contributed by atoms with Gasteiger partial charge in [0.1, 0.15) is 0 Å². The Kier molecular flexibility index (Phi) is 2.27. The number of rotatable bonds is 3.